The minimum atomic E-state index is -0.560. The van der Waals surface area contributed by atoms with Crippen molar-refractivity contribution in [3.63, 3.8) is 0 Å². The predicted octanol–water partition coefficient (Wildman–Crippen LogP) is 2.00. The Bertz CT molecular complexity index is 616. The summed E-state index contributed by atoms with van der Waals surface area (Å²) in [6.45, 7) is 4.19. The van der Waals surface area contributed by atoms with Crippen molar-refractivity contribution in [1.82, 2.24) is 9.88 Å². The number of nitrogens with two attached hydrogens (primary N) is 1. The summed E-state index contributed by atoms with van der Waals surface area (Å²) >= 11 is 0. The predicted molar refractivity (Wildman–Crippen MR) is 85.6 cm³/mol. The van der Waals surface area contributed by atoms with Gasteiger partial charge < -0.3 is 15.4 Å². The standard InChI is InChI=1S/C17H23N3O3/c1-3-17(16(22)23-4-2)9-12-6-7-13(17)20(12)15(21)11-5-8-14(18)19-10-11/h5,8,10,12-13H,3-4,6-7,9H2,1-2H3,(H2,18,19)/t12-,13+,17+/m1/s1. The summed E-state index contributed by atoms with van der Waals surface area (Å²) in [4.78, 5) is 31.3. The van der Waals surface area contributed by atoms with Crippen molar-refractivity contribution in [1.29, 1.82) is 0 Å². The first-order valence-corrected chi connectivity index (χ1v) is 8.25. The average Bonchev–Trinajstić information content (AvgIpc) is 3.11. The second-order valence-electron chi connectivity index (χ2n) is 6.37. The third-order valence-electron chi connectivity index (χ3n) is 5.32. The highest BCUT2D eigenvalue weighted by Crippen LogP contribution is 2.52. The molecule has 124 valence electrons. The lowest BCUT2D eigenvalue weighted by Gasteiger charge is -2.34. The first-order chi connectivity index (χ1) is 11.0. The van der Waals surface area contributed by atoms with Crippen LogP contribution in [0.1, 0.15) is 49.9 Å². The molecule has 2 saturated heterocycles. The van der Waals surface area contributed by atoms with E-state index in [2.05, 4.69) is 4.98 Å². The van der Waals surface area contributed by atoms with Crippen molar-refractivity contribution in [2.45, 2.75) is 51.6 Å². The van der Waals surface area contributed by atoms with Gasteiger partial charge in [0.2, 0.25) is 0 Å². The molecule has 3 rings (SSSR count). The molecular weight excluding hydrogens is 294 g/mol. The molecule has 1 amide bonds. The van der Waals surface area contributed by atoms with Crippen LogP contribution in [0.3, 0.4) is 0 Å². The summed E-state index contributed by atoms with van der Waals surface area (Å²) in [6, 6.07) is 3.35. The fourth-order valence-electron chi connectivity index (χ4n) is 4.19. The number of pyridine rings is 1. The number of anilines is 1. The number of esters is 1. The maximum Gasteiger partial charge on any atom is 0.314 e. The highest BCUT2D eigenvalue weighted by Gasteiger charge is 2.61. The zero-order chi connectivity index (χ0) is 16.6. The summed E-state index contributed by atoms with van der Waals surface area (Å²) in [7, 11) is 0. The molecule has 2 aliphatic heterocycles. The molecule has 0 aliphatic carbocycles. The third-order valence-corrected chi connectivity index (χ3v) is 5.32. The van der Waals surface area contributed by atoms with E-state index in [1.54, 1.807) is 12.1 Å². The highest BCUT2D eigenvalue weighted by molar-refractivity contribution is 5.96. The summed E-state index contributed by atoms with van der Waals surface area (Å²) in [5, 5.41) is 0. The Balaban J connectivity index is 1.89. The molecule has 3 atom stereocenters. The molecule has 2 N–H and O–H groups in total. The molecule has 6 nitrogen and oxygen atoms in total. The lowest BCUT2D eigenvalue weighted by atomic mass is 9.72. The average molecular weight is 317 g/mol. The van der Waals surface area contributed by atoms with Gasteiger partial charge >= 0.3 is 5.97 Å². The van der Waals surface area contributed by atoms with Crippen LogP contribution < -0.4 is 5.73 Å². The zero-order valence-electron chi connectivity index (χ0n) is 13.6. The number of hydrogen-bond donors (Lipinski definition) is 1. The van der Waals surface area contributed by atoms with E-state index in [1.165, 1.54) is 6.20 Å². The number of carbonyl (C=O) groups excluding carboxylic acids is 2. The molecule has 0 spiro atoms. The monoisotopic (exact) mass is 317 g/mol. The van der Waals surface area contributed by atoms with Crippen LogP contribution in [-0.2, 0) is 9.53 Å². The Kier molecular flexibility index (Phi) is 4.00. The fourth-order valence-corrected chi connectivity index (χ4v) is 4.19. The van der Waals surface area contributed by atoms with Gasteiger partial charge in [0.25, 0.3) is 5.91 Å². The molecule has 1 aromatic rings. The Morgan fingerprint density at radius 1 is 1.39 bits per heavy atom. The molecule has 0 radical (unpaired) electrons. The van der Waals surface area contributed by atoms with E-state index in [0.717, 1.165) is 12.8 Å². The summed E-state index contributed by atoms with van der Waals surface area (Å²) in [5.74, 6) is 0.160. The largest absolute Gasteiger partial charge is 0.466 e. The Morgan fingerprint density at radius 3 is 2.78 bits per heavy atom. The second kappa shape index (κ2) is 5.83. The van der Waals surface area contributed by atoms with Crippen LogP contribution in [0.2, 0.25) is 0 Å². The summed E-state index contributed by atoms with van der Waals surface area (Å²) < 4.78 is 5.32. The number of amides is 1. The van der Waals surface area contributed by atoms with Gasteiger partial charge in [-0.2, -0.15) is 0 Å². The van der Waals surface area contributed by atoms with Crippen molar-refractivity contribution < 1.29 is 14.3 Å². The zero-order valence-corrected chi connectivity index (χ0v) is 13.6. The summed E-state index contributed by atoms with van der Waals surface area (Å²) in [5.41, 5.74) is 5.55. The van der Waals surface area contributed by atoms with E-state index in [4.69, 9.17) is 10.5 Å². The number of carbonyl (C=O) groups is 2. The summed E-state index contributed by atoms with van der Waals surface area (Å²) in [6.07, 6.45) is 4.69. The van der Waals surface area contributed by atoms with E-state index < -0.39 is 5.41 Å². The van der Waals surface area contributed by atoms with Crippen LogP contribution in [0, 0.1) is 5.41 Å². The highest BCUT2D eigenvalue weighted by atomic mass is 16.5. The van der Waals surface area contributed by atoms with Gasteiger partial charge in [-0.15, -0.1) is 0 Å². The van der Waals surface area contributed by atoms with E-state index in [-0.39, 0.29) is 24.0 Å². The number of rotatable bonds is 4. The minimum Gasteiger partial charge on any atom is -0.466 e. The number of aromatic nitrogens is 1. The maximum atomic E-state index is 12.9. The van der Waals surface area contributed by atoms with E-state index in [1.807, 2.05) is 18.7 Å². The number of nitrogen functional groups attached to an aromatic ring is 1. The fraction of sp³-hybridized carbons (Fsp3) is 0.588. The SMILES string of the molecule is CCOC(=O)[C@@]1(CC)C[C@H]2CC[C@@H]1N2C(=O)c1ccc(N)nc1. The normalized spacial score (nSPS) is 28.9. The van der Waals surface area contributed by atoms with Gasteiger partial charge in [0, 0.05) is 18.3 Å². The maximum absolute atomic E-state index is 12.9. The molecule has 0 saturated carbocycles. The Hall–Kier alpha value is -2.11. The number of hydrogen-bond acceptors (Lipinski definition) is 5. The topological polar surface area (TPSA) is 85.5 Å². The molecular formula is C17H23N3O3. The smallest absolute Gasteiger partial charge is 0.314 e. The van der Waals surface area contributed by atoms with Crippen LogP contribution in [0.15, 0.2) is 18.3 Å². The van der Waals surface area contributed by atoms with Crippen LogP contribution in [0.4, 0.5) is 5.82 Å². The van der Waals surface area contributed by atoms with Gasteiger partial charge in [-0.05, 0) is 44.7 Å². The van der Waals surface area contributed by atoms with E-state index >= 15 is 0 Å². The van der Waals surface area contributed by atoms with Crippen LogP contribution >= 0.6 is 0 Å². The second-order valence-corrected chi connectivity index (χ2v) is 6.37. The molecule has 2 fully saturated rings. The molecule has 3 heterocycles. The molecule has 0 aromatic carbocycles. The molecule has 1 aromatic heterocycles. The van der Waals surface area contributed by atoms with Crippen molar-refractivity contribution in [3.8, 4) is 0 Å². The molecule has 6 heteroatoms. The minimum absolute atomic E-state index is 0.0652. The van der Waals surface area contributed by atoms with E-state index in [9.17, 15) is 9.59 Å². The van der Waals surface area contributed by atoms with Gasteiger partial charge in [-0.25, -0.2) is 4.98 Å². The molecule has 2 aliphatic rings. The van der Waals surface area contributed by atoms with Gasteiger partial charge in [0.05, 0.1) is 17.6 Å². The number of fused-ring (bicyclic) bond motifs is 2. The van der Waals surface area contributed by atoms with Crippen molar-refractivity contribution >= 4 is 17.7 Å². The number of ether oxygens (including phenoxy) is 1. The van der Waals surface area contributed by atoms with Gasteiger partial charge in [-0.1, -0.05) is 6.92 Å². The van der Waals surface area contributed by atoms with Crippen molar-refractivity contribution in [2.24, 2.45) is 5.41 Å². The first kappa shape index (κ1) is 15.8. The van der Waals surface area contributed by atoms with Crippen LogP contribution in [0.25, 0.3) is 0 Å². The van der Waals surface area contributed by atoms with Gasteiger partial charge in [0.1, 0.15) is 5.82 Å². The molecule has 0 unspecified atom stereocenters. The lowest BCUT2D eigenvalue weighted by Crippen LogP contribution is -2.45. The number of nitrogens with zero attached hydrogens (tertiary/aromatic N) is 2. The van der Waals surface area contributed by atoms with E-state index in [0.29, 0.717) is 30.8 Å². The lowest BCUT2D eigenvalue weighted by molar-refractivity contribution is -0.157. The van der Waals surface area contributed by atoms with Gasteiger partial charge in [0.15, 0.2) is 0 Å². The van der Waals surface area contributed by atoms with Crippen LogP contribution in [-0.4, -0.2) is 40.5 Å². The quantitative estimate of drug-likeness (QED) is 0.858. The van der Waals surface area contributed by atoms with Crippen molar-refractivity contribution in [3.05, 3.63) is 23.9 Å². The Morgan fingerprint density at radius 2 is 2.17 bits per heavy atom. The van der Waals surface area contributed by atoms with Crippen molar-refractivity contribution in [2.75, 3.05) is 12.3 Å². The third kappa shape index (κ3) is 2.36. The van der Waals surface area contributed by atoms with Crippen LogP contribution in [0.5, 0.6) is 0 Å². The molecule has 23 heavy (non-hydrogen) atoms. The first-order valence-electron chi connectivity index (χ1n) is 8.25. The molecule has 2 bridgehead atoms. The van der Waals surface area contributed by atoms with Gasteiger partial charge in [-0.3, -0.25) is 9.59 Å². The Labute approximate surface area is 136 Å².